The minimum absolute atomic E-state index is 0.0955. The lowest BCUT2D eigenvalue weighted by Gasteiger charge is -2.14. The number of carbonyl (C=O) groups is 1. The van der Waals surface area contributed by atoms with Crippen molar-refractivity contribution in [3.63, 3.8) is 0 Å². The molecule has 0 aliphatic rings. The Morgan fingerprint density at radius 1 is 1.07 bits per heavy atom. The first kappa shape index (κ1) is 19.9. The van der Waals surface area contributed by atoms with Crippen LogP contribution in [0.4, 0.5) is 0 Å². The molecule has 3 aromatic rings. The van der Waals surface area contributed by atoms with Gasteiger partial charge in [-0.05, 0) is 37.1 Å². The normalized spacial score (nSPS) is 11.1. The second-order valence-corrected chi connectivity index (χ2v) is 6.88. The predicted molar refractivity (Wildman–Crippen MR) is 112 cm³/mol. The Morgan fingerprint density at radius 2 is 1.79 bits per heavy atom. The van der Waals surface area contributed by atoms with E-state index in [4.69, 9.17) is 9.72 Å². The van der Waals surface area contributed by atoms with Crippen LogP contribution in [-0.4, -0.2) is 28.6 Å². The molecule has 1 N–H and O–H groups in total. The van der Waals surface area contributed by atoms with Crippen molar-refractivity contribution in [3.05, 3.63) is 60.4 Å². The molecule has 0 radical (unpaired) electrons. The average molecular weight is 380 g/mol. The van der Waals surface area contributed by atoms with Gasteiger partial charge in [0, 0.05) is 18.9 Å². The number of ether oxygens (including phenoxy) is 1. The number of fused-ring (bicyclic) bond motifs is 1. The van der Waals surface area contributed by atoms with Crippen LogP contribution in [0.25, 0.3) is 11.0 Å². The lowest BCUT2D eigenvalue weighted by molar-refractivity contribution is -0.125. The zero-order valence-corrected chi connectivity index (χ0v) is 16.7. The van der Waals surface area contributed by atoms with Crippen molar-refractivity contribution >= 4 is 16.9 Å². The van der Waals surface area contributed by atoms with Crippen LogP contribution in [0.3, 0.4) is 0 Å². The van der Waals surface area contributed by atoms with Gasteiger partial charge in [0.05, 0.1) is 17.6 Å². The molecule has 0 unspecified atom stereocenters. The Balaban J connectivity index is 1.66. The van der Waals surface area contributed by atoms with Crippen molar-refractivity contribution in [2.45, 2.75) is 39.7 Å². The van der Waals surface area contributed by atoms with E-state index in [1.165, 1.54) is 0 Å². The Bertz CT molecular complexity index is 885. The highest BCUT2D eigenvalue weighted by atomic mass is 16.5. The molecule has 5 nitrogen and oxygen atoms in total. The summed E-state index contributed by atoms with van der Waals surface area (Å²) in [6, 6.07) is 18.0. The van der Waals surface area contributed by atoms with Gasteiger partial charge in [-0.15, -0.1) is 0 Å². The first-order chi connectivity index (χ1) is 13.7. The van der Waals surface area contributed by atoms with E-state index in [1.54, 1.807) is 0 Å². The van der Waals surface area contributed by atoms with Crippen LogP contribution >= 0.6 is 0 Å². The average Bonchev–Trinajstić information content (AvgIpc) is 3.07. The molecule has 2 aromatic carbocycles. The second-order valence-electron chi connectivity index (χ2n) is 6.88. The van der Waals surface area contributed by atoms with Crippen LogP contribution in [0.5, 0.6) is 5.75 Å². The van der Waals surface area contributed by atoms with Crippen molar-refractivity contribution in [2.24, 2.45) is 5.92 Å². The molecule has 148 valence electrons. The molecule has 0 aliphatic carbocycles. The van der Waals surface area contributed by atoms with E-state index in [0.717, 1.165) is 35.4 Å². The van der Waals surface area contributed by atoms with Crippen molar-refractivity contribution in [3.8, 4) is 5.75 Å². The molecule has 0 bridgehead atoms. The smallest absolute Gasteiger partial charge is 0.223 e. The number of hydrogen-bond donors (Lipinski definition) is 1. The van der Waals surface area contributed by atoms with Crippen LogP contribution in [0.15, 0.2) is 54.6 Å². The maximum Gasteiger partial charge on any atom is 0.223 e. The molecule has 5 heteroatoms. The summed E-state index contributed by atoms with van der Waals surface area (Å²) in [6.07, 6.45) is 2.45. The van der Waals surface area contributed by atoms with E-state index in [9.17, 15) is 4.79 Å². The maximum absolute atomic E-state index is 12.2. The molecule has 3 rings (SSSR count). The van der Waals surface area contributed by atoms with Gasteiger partial charge in [0.1, 0.15) is 18.2 Å². The quantitative estimate of drug-likeness (QED) is 0.574. The highest BCUT2D eigenvalue weighted by molar-refractivity contribution is 5.78. The number of hydrogen-bond acceptors (Lipinski definition) is 3. The zero-order chi connectivity index (χ0) is 19.8. The maximum atomic E-state index is 12.2. The van der Waals surface area contributed by atoms with Gasteiger partial charge in [0.2, 0.25) is 5.91 Å². The van der Waals surface area contributed by atoms with Crippen LogP contribution < -0.4 is 10.1 Å². The molecule has 1 amide bonds. The van der Waals surface area contributed by atoms with E-state index in [0.29, 0.717) is 26.1 Å². The molecule has 0 aliphatic heterocycles. The summed E-state index contributed by atoms with van der Waals surface area (Å²) in [7, 11) is 0. The van der Waals surface area contributed by atoms with Gasteiger partial charge in [-0.2, -0.15) is 0 Å². The van der Waals surface area contributed by atoms with Gasteiger partial charge >= 0.3 is 0 Å². The first-order valence-electron chi connectivity index (χ1n) is 10.1. The monoisotopic (exact) mass is 379 g/mol. The van der Waals surface area contributed by atoms with Crippen LogP contribution in [0.2, 0.25) is 0 Å². The molecule has 1 heterocycles. The van der Waals surface area contributed by atoms with Gasteiger partial charge in [-0.1, -0.05) is 44.2 Å². The van der Waals surface area contributed by atoms with Crippen molar-refractivity contribution < 1.29 is 9.53 Å². The number of aromatic nitrogens is 2. The van der Waals surface area contributed by atoms with Crippen molar-refractivity contribution in [2.75, 3.05) is 13.2 Å². The molecule has 0 atom stereocenters. The number of nitrogens with zero attached hydrogens (tertiary/aromatic N) is 2. The second kappa shape index (κ2) is 9.93. The molecule has 1 aromatic heterocycles. The van der Waals surface area contributed by atoms with E-state index in [1.807, 2.05) is 48.5 Å². The summed E-state index contributed by atoms with van der Waals surface area (Å²) in [5.41, 5.74) is 2.07. The summed E-state index contributed by atoms with van der Waals surface area (Å²) < 4.78 is 8.06. The number of para-hydroxylation sites is 3. The number of benzene rings is 2. The standard InChI is InChI=1S/C23H29N3O2/c1-3-18(4-2)23(27)24-15-14-22-25-20-12-8-9-13-21(20)26(22)16-17-28-19-10-6-5-7-11-19/h5-13,18H,3-4,14-17H2,1-2H3,(H,24,27). The fourth-order valence-corrected chi connectivity index (χ4v) is 3.44. The van der Waals surface area contributed by atoms with E-state index in [-0.39, 0.29) is 11.8 Å². The molecule has 28 heavy (non-hydrogen) atoms. The van der Waals surface area contributed by atoms with Crippen LogP contribution in [0, 0.1) is 5.92 Å². The Morgan fingerprint density at radius 3 is 2.54 bits per heavy atom. The molecule has 0 saturated heterocycles. The highest BCUT2D eigenvalue weighted by Crippen LogP contribution is 2.17. The Labute approximate surface area is 166 Å². The summed E-state index contributed by atoms with van der Waals surface area (Å²) >= 11 is 0. The molecule has 0 spiro atoms. The van der Waals surface area contributed by atoms with Gasteiger partial charge < -0.3 is 14.6 Å². The van der Waals surface area contributed by atoms with Gasteiger partial charge in [-0.3, -0.25) is 4.79 Å². The van der Waals surface area contributed by atoms with E-state index in [2.05, 4.69) is 29.8 Å². The van der Waals surface area contributed by atoms with E-state index >= 15 is 0 Å². The summed E-state index contributed by atoms with van der Waals surface area (Å²) in [5.74, 6) is 2.08. The summed E-state index contributed by atoms with van der Waals surface area (Å²) in [6.45, 7) is 5.99. The third-order valence-electron chi connectivity index (χ3n) is 5.06. The SMILES string of the molecule is CCC(CC)C(=O)NCCc1nc2ccccc2n1CCOc1ccccc1. The highest BCUT2D eigenvalue weighted by Gasteiger charge is 2.15. The minimum atomic E-state index is 0.0955. The van der Waals surface area contributed by atoms with Gasteiger partial charge in [-0.25, -0.2) is 4.98 Å². The van der Waals surface area contributed by atoms with Gasteiger partial charge in [0.25, 0.3) is 0 Å². The van der Waals surface area contributed by atoms with Crippen molar-refractivity contribution in [1.29, 1.82) is 0 Å². The molecular weight excluding hydrogens is 350 g/mol. The lowest BCUT2D eigenvalue weighted by atomic mass is 10.0. The van der Waals surface area contributed by atoms with Crippen molar-refractivity contribution in [1.82, 2.24) is 14.9 Å². The van der Waals surface area contributed by atoms with E-state index < -0.39 is 0 Å². The predicted octanol–water partition coefficient (Wildman–Crippen LogP) is 4.21. The third-order valence-corrected chi connectivity index (χ3v) is 5.06. The van der Waals surface area contributed by atoms with Crippen LogP contribution in [-0.2, 0) is 17.8 Å². The Kier molecular flexibility index (Phi) is 7.06. The summed E-state index contributed by atoms with van der Waals surface area (Å²) in [5, 5.41) is 3.06. The number of nitrogens with one attached hydrogen (secondary N) is 1. The minimum Gasteiger partial charge on any atom is -0.492 e. The van der Waals surface area contributed by atoms with Gasteiger partial charge in [0.15, 0.2) is 0 Å². The fourth-order valence-electron chi connectivity index (χ4n) is 3.44. The lowest BCUT2D eigenvalue weighted by Crippen LogP contribution is -2.32. The number of carbonyl (C=O) groups excluding carboxylic acids is 1. The topological polar surface area (TPSA) is 56.2 Å². The fraction of sp³-hybridized carbons (Fsp3) is 0.391. The largest absolute Gasteiger partial charge is 0.492 e. The Hall–Kier alpha value is -2.82. The zero-order valence-electron chi connectivity index (χ0n) is 16.7. The molecule has 0 fully saturated rings. The summed E-state index contributed by atoms with van der Waals surface area (Å²) in [4.78, 5) is 17.0. The van der Waals surface area contributed by atoms with Crippen LogP contribution in [0.1, 0.15) is 32.5 Å². The third kappa shape index (κ3) is 4.91. The number of amides is 1. The number of rotatable bonds is 10. The first-order valence-corrected chi connectivity index (χ1v) is 10.1. The number of imidazole rings is 1. The molecular formula is C23H29N3O2. The molecule has 0 saturated carbocycles.